The number of aromatic nitrogens is 2. The van der Waals surface area contributed by atoms with Crippen LogP contribution >= 0.6 is 0 Å². The third-order valence-corrected chi connectivity index (χ3v) is 8.95. The minimum Gasteiger partial charge on any atom is -0.362 e. The molecular formula is C38H46N6O3. The molecule has 1 aliphatic rings. The van der Waals surface area contributed by atoms with E-state index < -0.39 is 5.92 Å². The molecule has 0 radical (unpaired) electrons. The van der Waals surface area contributed by atoms with Gasteiger partial charge in [-0.25, -0.2) is 4.98 Å². The van der Waals surface area contributed by atoms with Crippen LogP contribution in [0.15, 0.2) is 84.9 Å². The van der Waals surface area contributed by atoms with Gasteiger partial charge in [0.1, 0.15) is 5.82 Å². The monoisotopic (exact) mass is 634 g/mol. The van der Waals surface area contributed by atoms with Crippen molar-refractivity contribution in [2.24, 2.45) is 11.8 Å². The molecule has 2 amide bonds. The van der Waals surface area contributed by atoms with Gasteiger partial charge < -0.3 is 20.9 Å². The number of hydrogen-bond acceptors (Lipinski definition) is 7. The Morgan fingerprint density at radius 1 is 0.787 bits per heavy atom. The van der Waals surface area contributed by atoms with Gasteiger partial charge >= 0.3 is 0 Å². The lowest BCUT2D eigenvalue weighted by atomic mass is 9.85. The van der Waals surface area contributed by atoms with Crippen LogP contribution in [0.2, 0.25) is 0 Å². The molecule has 0 aliphatic heterocycles. The Hall–Kier alpha value is -4.79. The van der Waals surface area contributed by atoms with Crippen molar-refractivity contribution in [1.29, 1.82) is 0 Å². The fraction of sp³-hybridized carbons (Fsp3) is 0.395. The molecule has 1 atom stereocenters. The van der Waals surface area contributed by atoms with Crippen molar-refractivity contribution in [3.8, 4) is 0 Å². The maximum Gasteiger partial charge on any atom is 0.251 e. The second-order valence-electron chi connectivity index (χ2n) is 12.7. The second kappa shape index (κ2) is 16.7. The maximum atomic E-state index is 13.4. The lowest BCUT2D eigenvalue weighted by molar-refractivity contribution is -0.125. The van der Waals surface area contributed by atoms with Crippen molar-refractivity contribution in [1.82, 2.24) is 20.6 Å². The minimum absolute atomic E-state index is 0.0250. The van der Waals surface area contributed by atoms with Crippen molar-refractivity contribution < 1.29 is 14.4 Å². The molecule has 1 saturated carbocycles. The first-order valence-electron chi connectivity index (χ1n) is 16.8. The van der Waals surface area contributed by atoms with Crippen LogP contribution in [-0.2, 0) is 4.79 Å². The van der Waals surface area contributed by atoms with E-state index in [0.717, 1.165) is 55.2 Å². The molecule has 1 unspecified atom stereocenters. The molecule has 0 saturated heterocycles. The molecule has 246 valence electrons. The molecule has 47 heavy (non-hydrogen) atoms. The van der Waals surface area contributed by atoms with Crippen molar-refractivity contribution in [2.45, 2.75) is 57.4 Å². The predicted octanol–water partition coefficient (Wildman–Crippen LogP) is 6.27. The quantitative estimate of drug-likeness (QED) is 0.104. The van der Waals surface area contributed by atoms with Crippen LogP contribution in [0.25, 0.3) is 10.9 Å². The van der Waals surface area contributed by atoms with Gasteiger partial charge in [-0.2, -0.15) is 4.98 Å². The van der Waals surface area contributed by atoms with Crippen LogP contribution in [0, 0.1) is 11.8 Å². The second-order valence-corrected chi connectivity index (χ2v) is 12.7. The van der Waals surface area contributed by atoms with Gasteiger partial charge in [0.25, 0.3) is 5.91 Å². The van der Waals surface area contributed by atoms with E-state index in [0.29, 0.717) is 42.5 Å². The first-order chi connectivity index (χ1) is 22.9. The number of ketones is 1. The Bertz CT molecular complexity index is 1620. The third kappa shape index (κ3) is 9.61. The number of amides is 2. The van der Waals surface area contributed by atoms with E-state index in [-0.39, 0.29) is 30.1 Å². The molecule has 0 bridgehead atoms. The van der Waals surface area contributed by atoms with Gasteiger partial charge in [-0.15, -0.1) is 0 Å². The van der Waals surface area contributed by atoms with Crippen LogP contribution in [0.4, 0.5) is 11.8 Å². The normalized spacial score (nSPS) is 16.6. The molecule has 1 fully saturated rings. The van der Waals surface area contributed by atoms with E-state index in [1.54, 1.807) is 24.3 Å². The van der Waals surface area contributed by atoms with E-state index in [1.165, 1.54) is 0 Å². The van der Waals surface area contributed by atoms with E-state index >= 15 is 0 Å². The van der Waals surface area contributed by atoms with Gasteiger partial charge in [0.15, 0.2) is 5.78 Å². The fourth-order valence-electron chi connectivity index (χ4n) is 6.25. The molecule has 1 heterocycles. The molecule has 9 nitrogen and oxygen atoms in total. The molecule has 1 aromatic heterocycles. The molecule has 9 heteroatoms. The van der Waals surface area contributed by atoms with Crippen LogP contribution in [0.1, 0.15) is 72.1 Å². The summed E-state index contributed by atoms with van der Waals surface area (Å²) >= 11 is 0. The number of hydrogen-bond donors (Lipinski definition) is 3. The van der Waals surface area contributed by atoms with Gasteiger partial charge in [-0.3, -0.25) is 14.4 Å². The molecule has 3 N–H and O–H groups in total. The van der Waals surface area contributed by atoms with E-state index in [9.17, 15) is 14.4 Å². The average Bonchev–Trinajstić information content (AvgIpc) is 3.10. The number of nitrogens with zero attached hydrogens (tertiary/aromatic N) is 3. The number of nitrogens with one attached hydrogen (secondary N) is 3. The zero-order chi connectivity index (χ0) is 33.0. The van der Waals surface area contributed by atoms with Gasteiger partial charge in [0.05, 0.1) is 5.52 Å². The van der Waals surface area contributed by atoms with E-state index in [2.05, 4.69) is 16.0 Å². The van der Waals surface area contributed by atoms with Gasteiger partial charge in [-0.05, 0) is 68.7 Å². The van der Waals surface area contributed by atoms with Gasteiger partial charge in [0, 0.05) is 62.1 Å². The molecular weight excluding hydrogens is 588 g/mol. The van der Waals surface area contributed by atoms with Gasteiger partial charge in [0.2, 0.25) is 11.9 Å². The highest BCUT2D eigenvalue weighted by atomic mass is 16.2. The van der Waals surface area contributed by atoms with Gasteiger partial charge in [-0.1, -0.05) is 67.1 Å². The Labute approximate surface area is 277 Å². The first-order valence-corrected chi connectivity index (χ1v) is 16.8. The summed E-state index contributed by atoms with van der Waals surface area (Å²) in [6.07, 6.45) is 6.14. The smallest absolute Gasteiger partial charge is 0.251 e. The highest BCUT2D eigenvalue weighted by molar-refractivity contribution is 5.98. The van der Waals surface area contributed by atoms with Crippen LogP contribution in [0.3, 0.4) is 0 Å². The Morgan fingerprint density at radius 3 is 2.15 bits per heavy atom. The van der Waals surface area contributed by atoms with Crippen molar-refractivity contribution in [2.75, 3.05) is 37.4 Å². The molecule has 1 aliphatic carbocycles. The summed E-state index contributed by atoms with van der Waals surface area (Å²) in [5, 5.41) is 10.7. The summed E-state index contributed by atoms with van der Waals surface area (Å²) < 4.78 is 0. The zero-order valence-electron chi connectivity index (χ0n) is 27.5. The topological polar surface area (TPSA) is 116 Å². The Kier molecular flexibility index (Phi) is 11.9. The Morgan fingerprint density at radius 2 is 1.45 bits per heavy atom. The number of carbonyl (C=O) groups excluding carboxylic acids is 3. The number of Topliss-reactive ketones (excluding diaryl/α,β-unsaturated/α-hetero) is 1. The minimum atomic E-state index is -0.415. The SMILES string of the molecule is CN(C)c1nc(N[C@H]2CC[C@@H](CNC(=O)C(CCCCNC(=O)c3ccccc3)CC(=O)c3ccccc3)CC2)nc2ccccc12. The largest absolute Gasteiger partial charge is 0.362 e. The summed E-state index contributed by atoms with van der Waals surface area (Å²) in [7, 11) is 3.99. The zero-order valence-corrected chi connectivity index (χ0v) is 27.5. The Balaban J connectivity index is 1.10. The first kappa shape index (κ1) is 33.6. The van der Waals surface area contributed by atoms with Crippen molar-refractivity contribution in [3.63, 3.8) is 0 Å². The predicted molar refractivity (Wildman–Crippen MR) is 188 cm³/mol. The number of carbonyl (C=O) groups is 3. The van der Waals surface area contributed by atoms with Crippen molar-refractivity contribution >= 4 is 40.3 Å². The average molecular weight is 635 g/mol. The number of para-hydroxylation sites is 1. The highest BCUT2D eigenvalue weighted by Gasteiger charge is 2.26. The van der Waals surface area contributed by atoms with Crippen LogP contribution in [-0.4, -0.2) is 60.8 Å². The summed E-state index contributed by atoms with van der Waals surface area (Å²) in [6.45, 7) is 1.12. The molecule has 5 rings (SSSR count). The summed E-state index contributed by atoms with van der Waals surface area (Å²) in [6, 6.07) is 26.6. The summed E-state index contributed by atoms with van der Waals surface area (Å²) in [5.41, 5.74) is 2.17. The van der Waals surface area contributed by atoms with E-state index in [4.69, 9.17) is 9.97 Å². The van der Waals surface area contributed by atoms with E-state index in [1.807, 2.05) is 79.7 Å². The standard InChI is InChI=1S/C38H46N6O3/c1-44(2)35-32-18-9-10-19-33(32)42-38(43-35)41-31-22-20-27(21-23-31)26-40-37(47)30(25-34(45)28-13-5-3-6-14-28)17-11-12-24-39-36(46)29-15-7-4-8-16-29/h3-10,13-16,18-19,27,30-31H,11-12,17,20-26H2,1-2H3,(H,39,46)(H,40,47)(H,41,42,43)/t27-,30?,31+. The third-order valence-electron chi connectivity index (χ3n) is 8.95. The number of fused-ring (bicyclic) bond motifs is 1. The summed E-state index contributed by atoms with van der Waals surface area (Å²) in [5.74, 6) is 1.31. The van der Waals surface area contributed by atoms with Crippen molar-refractivity contribution in [3.05, 3.63) is 96.1 Å². The number of benzene rings is 3. The number of anilines is 2. The number of rotatable bonds is 15. The highest BCUT2D eigenvalue weighted by Crippen LogP contribution is 2.28. The summed E-state index contributed by atoms with van der Waals surface area (Å²) in [4.78, 5) is 50.4. The fourth-order valence-corrected chi connectivity index (χ4v) is 6.25. The lowest BCUT2D eigenvalue weighted by Gasteiger charge is -2.30. The molecule has 0 spiro atoms. The van der Waals surface area contributed by atoms with Crippen LogP contribution < -0.4 is 20.9 Å². The number of unbranched alkanes of at least 4 members (excludes halogenated alkanes) is 1. The lowest BCUT2D eigenvalue weighted by Crippen LogP contribution is -2.37. The maximum absolute atomic E-state index is 13.4. The molecule has 3 aromatic carbocycles. The molecule has 4 aromatic rings. The van der Waals surface area contributed by atoms with Crippen LogP contribution in [0.5, 0.6) is 0 Å².